The van der Waals surface area contributed by atoms with Gasteiger partial charge in [0.2, 0.25) is 20.0 Å². The zero-order chi connectivity index (χ0) is 20.4. The van der Waals surface area contributed by atoms with Gasteiger partial charge in [-0.1, -0.05) is 30.3 Å². The van der Waals surface area contributed by atoms with Crippen LogP contribution in [0.25, 0.3) is 0 Å². The fraction of sp³-hybridized carbons (Fsp3) is 0.400. The van der Waals surface area contributed by atoms with Crippen LogP contribution >= 0.6 is 0 Å². The first-order valence-corrected chi connectivity index (χ1v) is 12.5. The van der Waals surface area contributed by atoms with Gasteiger partial charge in [0.25, 0.3) is 0 Å². The van der Waals surface area contributed by atoms with Gasteiger partial charge in [-0.15, -0.1) is 0 Å². The van der Waals surface area contributed by atoms with E-state index in [1.54, 1.807) is 26.0 Å². The van der Waals surface area contributed by atoms with Crippen LogP contribution in [0.15, 0.2) is 47.4 Å². The highest BCUT2D eigenvalue weighted by atomic mass is 32.2. The highest BCUT2D eigenvalue weighted by molar-refractivity contribution is 7.92. The molecule has 0 aromatic heterocycles. The second-order valence-corrected chi connectivity index (χ2v) is 10.9. The van der Waals surface area contributed by atoms with Crippen LogP contribution in [-0.2, 0) is 26.5 Å². The number of hydrogen-bond donors (Lipinski definition) is 1. The first kappa shape index (κ1) is 20.8. The van der Waals surface area contributed by atoms with E-state index in [2.05, 4.69) is 4.72 Å². The predicted molar refractivity (Wildman–Crippen MR) is 112 cm³/mol. The molecule has 1 aliphatic rings. The van der Waals surface area contributed by atoms with E-state index in [-0.39, 0.29) is 10.6 Å². The van der Waals surface area contributed by atoms with Crippen molar-refractivity contribution < 1.29 is 16.8 Å². The Morgan fingerprint density at radius 1 is 1.04 bits per heavy atom. The van der Waals surface area contributed by atoms with E-state index in [1.807, 2.05) is 30.3 Å². The summed E-state index contributed by atoms with van der Waals surface area (Å²) in [4.78, 5) is 0.191. The van der Waals surface area contributed by atoms with Gasteiger partial charge >= 0.3 is 0 Å². The Bertz CT molecular complexity index is 1050. The molecular formula is C20H26N2O4S2. The highest BCUT2D eigenvalue weighted by Crippen LogP contribution is 2.31. The molecule has 2 aromatic carbocycles. The van der Waals surface area contributed by atoms with E-state index in [1.165, 1.54) is 4.31 Å². The van der Waals surface area contributed by atoms with Gasteiger partial charge in [-0.3, -0.25) is 4.31 Å². The monoisotopic (exact) mass is 422 g/mol. The molecule has 1 fully saturated rings. The highest BCUT2D eigenvalue weighted by Gasteiger charge is 2.28. The van der Waals surface area contributed by atoms with Crippen LogP contribution in [0, 0.1) is 13.8 Å². The summed E-state index contributed by atoms with van der Waals surface area (Å²) in [5.41, 5.74) is 2.80. The van der Waals surface area contributed by atoms with E-state index in [4.69, 9.17) is 0 Å². The molecule has 1 heterocycles. The number of rotatable bonds is 6. The molecule has 1 aliphatic heterocycles. The van der Waals surface area contributed by atoms with Crippen molar-refractivity contribution in [2.45, 2.75) is 38.0 Å². The standard InChI is InChI=1S/C20H26N2O4S2/c1-16-15-20(28(25,26)21-11-10-18-8-4-3-5-9-18)17(2)14-19(16)22-12-6-7-13-27(22,23)24/h3-5,8-9,14-15,21H,6-7,10-13H2,1-2H3. The van der Waals surface area contributed by atoms with Crippen molar-refractivity contribution in [2.75, 3.05) is 23.1 Å². The number of aryl methyl sites for hydroxylation is 2. The first-order chi connectivity index (χ1) is 13.2. The van der Waals surface area contributed by atoms with Gasteiger partial charge < -0.3 is 0 Å². The number of sulfonamides is 2. The van der Waals surface area contributed by atoms with Crippen LogP contribution in [0.1, 0.15) is 29.5 Å². The molecule has 0 unspecified atom stereocenters. The van der Waals surface area contributed by atoms with Crippen molar-refractivity contribution in [1.29, 1.82) is 0 Å². The molecule has 152 valence electrons. The molecule has 0 bridgehead atoms. The van der Waals surface area contributed by atoms with Gasteiger partial charge in [-0.25, -0.2) is 21.6 Å². The molecule has 0 spiro atoms. The number of anilines is 1. The topological polar surface area (TPSA) is 83.6 Å². The van der Waals surface area contributed by atoms with E-state index in [9.17, 15) is 16.8 Å². The summed E-state index contributed by atoms with van der Waals surface area (Å²) in [6.07, 6.45) is 2.07. The number of nitrogens with one attached hydrogen (secondary N) is 1. The molecule has 0 aliphatic carbocycles. The van der Waals surface area contributed by atoms with Crippen LogP contribution in [0.5, 0.6) is 0 Å². The fourth-order valence-corrected chi connectivity index (χ4v) is 6.48. The summed E-state index contributed by atoms with van der Waals surface area (Å²) in [6.45, 7) is 4.18. The summed E-state index contributed by atoms with van der Waals surface area (Å²) in [5, 5.41) is 0. The summed E-state index contributed by atoms with van der Waals surface area (Å²) < 4.78 is 54.4. The quantitative estimate of drug-likeness (QED) is 0.776. The summed E-state index contributed by atoms with van der Waals surface area (Å²) in [7, 11) is -7.02. The first-order valence-electron chi connectivity index (χ1n) is 9.36. The van der Waals surface area contributed by atoms with Gasteiger partial charge in [0.05, 0.1) is 16.3 Å². The van der Waals surface area contributed by atoms with Crippen molar-refractivity contribution >= 4 is 25.7 Å². The molecule has 0 amide bonds. The van der Waals surface area contributed by atoms with Crippen molar-refractivity contribution in [1.82, 2.24) is 4.72 Å². The molecule has 1 saturated heterocycles. The predicted octanol–water partition coefficient (Wildman–Crippen LogP) is 2.75. The van der Waals surface area contributed by atoms with Crippen molar-refractivity contribution in [3.63, 3.8) is 0 Å². The summed E-state index contributed by atoms with van der Waals surface area (Å²) in [6, 6.07) is 12.9. The number of hydrogen-bond acceptors (Lipinski definition) is 4. The third-order valence-electron chi connectivity index (χ3n) is 4.95. The Morgan fingerprint density at radius 2 is 1.75 bits per heavy atom. The van der Waals surface area contributed by atoms with Gasteiger partial charge in [0.15, 0.2) is 0 Å². The maximum Gasteiger partial charge on any atom is 0.240 e. The second kappa shape index (κ2) is 8.23. The Kier molecular flexibility index (Phi) is 6.12. The number of nitrogens with zero attached hydrogens (tertiary/aromatic N) is 1. The van der Waals surface area contributed by atoms with Gasteiger partial charge in [0.1, 0.15) is 0 Å². The number of benzene rings is 2. The lowest BCUT2D eigenvalue weighted by atomic mass is 10.1. The van der Waals surface area contributed by atoms with Crippen LogP contribution in [-0.4, -0.2) is 35.7 Å². The smallest absolute Gasteiger partial charge is 0.240 e. The van der Waals surface area contributed by atoms with Gasteiger partial charge in [-0.2, -0.15) is 0 Å². The zero-order valence-electron chi connectivity index (χ0n) is 16.2. The lowest BCUT2D eigenvalue weighted by molar-refractivity contribution is 0.574. The fourth-order valence-electron chi connectivity index (χ4n) is 3.44. The minimum absolute atomic E-state index is 0.132. The van der Waals surface area contributed by atoms with E-state index < -0.39 is 20.0 Å². The molecule has 6 nitrogen and oxygen atoms in total. The van der Waals surface area contributed by atoms with E-state index >= 15 is 0 Å². The molecule has 0 radical (unpaired) electrons. The summed E-state index contributed by atoms with van der Waals surface area (Å²) in [5.74, 6) is 0.132. The molecule has 28 heavy (non-hydrogen) atoms. The second-order valence-electron chi connectivity index (χ2n) is 7.13. The Hall–Kier alpha value is -1.90. The SMILES string of the molecule is Cc1cc(S(=O)(=O)NCCc2ccccc2)c(C)cc1N1CCCCS1(=O)=O. The van der Waals surface area contributed by atoms with Crippen LogP contribution in [0.2, 0.25) is 0 Å². The molecule has 3 rings (SSSR count). The van der Waals surface area contributed by atoms with E-state index in [0.29, 0.717) is 42.7 Å². The van der Waals surface area contributed by atoms with Gasteiger partial charge in [0, 0.05) is 13.1 Å². The Morgan fingerprint density at radius 3 is 2.43 bits per heavy atom. The average Bonchev–Trinajstić information content (AvgIpc) is 2.64. The largest absolute Gasteiger partial charge is 0.270 e. The molecule has 0 atom stereocenters. The third-order valence-corrected chi connectivity index (χ3v) is 8.41. The maximum absolute atomic E-state index is 12.8. The average molecular weight is 423 g/mol. The molecular weight excluding hydrogens is 396 g/mol. The Balaban J connectivity index is 1.81. The Labute approximate surface area is 167 Å². The summed E-state index contributed by atoms with van der Waals surface area (Å²) >= 11 is 0. The molecule has 1 N–H and O–H groups in total. The zero-order valence-corrected chi connectivity index (χ0v) is 17.8. The van der Waals surface area contributed by atoms with E-state index in [0.717, 1.165) is 12.0 Å². The maximum atomic E-state index is 12.8. The third kappa shape index (κ3) is 4.56. The molecule has 8 heteroatoms. The molecule has 2 aromatic rings. The van der Waals surface area contributed by atoms with Gasteiger partial charge in [-0.05, 0) is 61.9 Å². The van der Waals surface area contributed by atoms with Crippen molar-refractivity contribution in [2.24, 2.45) is 0 Å². The van der Waals surface area contributed by atoms with Crippen LogP contribution in [0.4, 0.5) is 5.69 Å². The lowest BCUT2D eigenvalue weighted by Crippen LogP contribution is -2.38. The van der Waals surface area contributed by atoms with Crippen molar-refractivity contribution in [3.8, 4) is 0 Å². The van der Waals surface area contributed by atoms with Crippen LogP contribution in [0.3, 0.4) is 0 Å². The normalized spacial score (nSPS) is 16.9. The van der Waals surface area contributed by atoms with Crippen LogP contribution < -0.4 is 9.03 Å². The minimum atomic E-state index is -3.68. The minimum Gasteiger partial charge on any atom is -0.270 e. The lowest BCUT2D eigenvalue weighted by Gasteiger charge is -2.30. The molecule has 0 saturated carbocycles. The van der Waals surface area contributed by atoms with Crippen molar-refractivity contribution in [3.05, 3.63) is 59.2 Å².